The third kappa shape index (κ3) is 4.91. The Morgan fingerprint density at radius 3 is 2.53 bits per heavy atom. The minimum atomic E-state index is -0.164. The second-order valence-electron chi connectivity index (χ2n) is 4.22. The first-order valence-corrected chi connectivity index (χ1v) is 7.35. The molecule has 1 heterocycles. The number of rotatable bonds is 6. The second kappa shape index (κ2) is 8.27. The Hall–Kier alpha value is -0.940. The van der Waals surface area contributed by atoms with E-state index >= 15 is 0 Å². The number of halogens is 1. The number of hydrogen-bond acceptors (Lipinski definition) is 4. The number of anilines is 1. The van der Waals surface area contributed by atoms with Crippen molar-refractivity contribution >= 4 is 35.9 Å². The predicted octanol–water partition coefficient (Wildman–Crippen LogP) is 2.74. The van der Waals surface area contributed by atoms with Gasteiger partial charge in [-0.2, -0.15) is 11.8 Å². The van der Waals surface area contributed by atoms with Crippen molar-refractivity contribution < 1.29 is 4.79 Å². The predicted molar refractivity (Wildman–Crippen MR) is 85.1 cm³/mol. The number of nitrogens with two attached hydrogens (primary N) is 1. The molecule has 0 saturated carbocycles. The van der Waals surface area contributed by atoms with E-state index in [1.54, 1.807) is 30.0 Å². The minimum absolute atomic E-state index is 0. The van der Waals surface area contributed by atoms with Gasteiger partial charge in [-0.1, -0.05) is 19.9 Å². The van der Waals surface area contributed by atoms with Gasteiger partial charge in [-0.25, -0.2) is 4.98 Å². The Bertz CT molecular complexity index is 402. The van der Waals surface area contributed by atoms with Crippen LogP contribution >= 0.6 is 24.2 Å². The molecule has 0 fully saturated rings. The molecular weight excluding hydrogens is 282 g/mol. The molecule has 1 aromatic heterocycles. The molecule has 1 amide bonds. The van der Waals surface area contributed by atoms with Crippen molar-refractivity contribution in [2.24, 2.45) is 0 Å². The third-order valence-corrected chi connectivity index (χ3v) is 4.88. The van der Waals surface area contributed by atoms with Crippen molar-refractivity contribution in [3.05, 3.63) is 23.9 Å². The monoisotopic (exact) mass is 303 g/mol. The molecule has 0 spiro atoms. The second-order valence-corrected chi connectivity index (χ2v) is 5.50. The van der Waals surface area contributed by atoms with Gasteiger partial charge in [0.2, 0.25) is 0 Å². The number of aromatic nitrogens is 1. The first-order valence-electron chi connectivity index (χ1n) is 6.12. The van der Waals surface area contributed by atoms with Crippen LogP contribution < -0.4 is 11.1 Å². The van der Waals surface area contributed by atoms with Crippen LogP contribution in [-0.4, -0.2) is 28.4 Å². The maximum atomic E-state index is 12.0. The SMILES string of the molecule is CCC(CC)(CNC(=O)c1cccc(N)n1)SC.Cl. The van der Waals surface area contributed by atoms with Gasteiger partial charge in [-0.15, -0.1) is 12.4 Å². The fraction of sp³-hybridized carbons (Fsp3) is 0.538. The highest BCUT2D eigenvalue weighted by molar-refractivity contribution is 8.00. The first kappa shape index (κ1) is 18.1. The maximum Gasteiger partial charge on any atom is 0.270 e. The first-order chi connectivity index (χ1) is 8.56. The molecule has 0 saturated heterocycles. The van der Waals surface area contributed by atoms with Crippen molar-refractivity contribution in [1.29, 1.82) is 0 Å². The summed E-state index contributed by atoms with van der Waals surface area (Å²) < 4.78 is 0.107. The van der Waals surface area contributed by atoms with E-state index in [0.717, 1.165) is 12.8 Å². The average molecular weight is 304 g/mol. The lowest BCUT2D eigenvalue weighted by Gasteiger charge is -2.29. The van der Waals surface area contributed by atoms with Crippen LogP contribution in [0.4, 0.5) is 5.82 Å². The maximum absolute atomic E-state index is 12.0. The van der Waals surface area contributed by atoms with E-state index < -0.39 is 0 Å². The lowest BCUT2D eigenvalue weighted by atomic mass is 10.0. The van der Waals surface area contributed by atoms with Gasteiger partial charge in [0.15, 0.2) is 0 Å². The number of carbonyl (C=O) groups excluding carboxylic acids is 1. The third-order valence-electron chi connectivity index (χ3n) is 3.30. The van der Waals surface area contributed by atoms with Gasteiger partial charge in [-0.05, 0) is 31.2 Å². The van der Waals surface area contributed by atoms with Crippen molar-refractivity contribution in [3.8, 4) is 0 Å². The molecule has 0 aliphatic rings. The van der Waals surface area contributed by atoms with Crippen molar-refractivity contribution in [3.63, 3.8) is 0 Å². The Balaban J connectivity index is 0.00000324. The summed E-state index contributed by atoms with van der Waals surface area (Å²) in [6.45, 7) is 4.94. The molecule has 1 aromatic rings. The van der Waals surface area contributed by atoms with E-state index in [0.29, 0.717) is 18.1 Å². The molecule has 0 radical (unpaired) electrons. The summed E-state index contributed by atoms with van der Waals surface area (Å²) in [7, 11) is 0. The average Bonchev–Trinajstić information content (AvgIpc) is 2.40. The Morgan fingerprint density at radius 2 is 2.05 bits per heavy atom. The zero-order chi connectivity index (χ0) is 13.6. The van der Waals surface area contributed by atoms with Crippen LogP contribution in [0.5, 0.6) is 0 Å². The molecule has 3 N–H and O–H groups in total. The van der Waals surface area contributed by atoms with E-state index in [1.165, 1.54) is 0 Å². The Kier molecular flexibility index (Phi) is 7.87. The molecule has 0 aromatic carbocycles. The fourth-order valence-electron chi connectivity index (χ4n) is 1.77. The highest BCUT2D eigenvalue weighted by atomic mass is 35.5. The van der Waals surface area contributed by atoms with Crippen LogP contribution in [0.2, 0.25) is 0 Å². The van der Waals surface area contributed by atoms with E-state index in [-0.39, 0.29) is 23.1 Å². The fourth-order valence-corrected chi connectivity index (χ4v) is 2.56. The molecule has 0 unspecified atom stereocenters. The van der Waals surface area contributed by atoms with Gasteiger partial charge >= 0.3 is 0 Å². The number of nitrogens with zero attached hydrogens (tertiary/aromatic N) is 1. The van der Waals surface area contributed by atoms with Gasteiger partial charge in [0.1, 0.15) is 11.5 Å². The molecule has 6 heteroatoms. The summed E-state index contributed by atoms with van der Waals surface area (Å²) in [6, 6.07) is 5.07. The summed E-state index contributed by atoms with van der Waals surface area (Å²) >= 11 is 1.80. The Labute approximate surface area is 125 Å². The standard InChI is InChI=1S/C13H21N3OS.ClH/c1-4-13(5-2,18-3)9-15-12(17)10-7-6-8-11(14)16-10;/h6-8H,4-5,9H2,1-3H3,(H2,14,16)(H,15,17);1H. The molecule has 0 bridgehead atoms. The zero-order valence-corrected chi connectivity index (χ0v) is 13.2. The molecule has 108 valence electrons. The van der Waals surface area contributed by atoms with Crippen LogP contribution in [0.25, 0.3) is 0 Å². The normalized spacial score (nSPS) is 10.7. The smallest absolute Gasteiger partial charge is 0.270 e. The summed E-state index contributed by atoms with van der Waals surface area (Å²) in [5, 5.41) is 2.94. The molecular formula is C13H22ClN3OS. The van der Waals surface area contributed by atoms with E-state index in [4.69, 9.17) is 5.73 Å². The Morgan fingerprint density at radius 1 is 1.42 bits per heavy atom. The van der Waals surface area contributed by atoms with E-state index in [1.807, 2.05) is 0 Å². The lowest BCUT2D eigenvalue weighted by Crippen LogP contribution is -2.39. The number of nitrogens with one attached hydrogen (secondary N) is 1. The summed E-state index contributed by atoms with van der Waals surface area (Å²) in [6.07, 6.45) is 4.13. The molecule has 0 atom stereocenters. The number of amides is 1. The van der Waals surface area contributed by atoms with Crippen molar-refractivity contribution in [1.82, 2.24) is 10.3 Å². The number of thioether (sulfide) groups is 1. The molecule has 0 aliphatic carbocycles. The molecule has 1 rings (SSSR count). The topological polar surface area (TPSA) is 68.0 Å². The largest absolute Gasteiger partial charge is 0.384 e. The number of hydrogen-bond donors (Lipinski definition) is 2. The molecule has 4 nitrogen and oxygen atoms in total. The highest BCUT2D eigenvalue weighted by Crippen LogP contribution is 2.29. The summed E-state index contributed by atoms with van der Waals surface area (Å²) in [4.78, 5) is 16.0. The molecule has 19 heavy (non-hydrogen) atoms. The molecule has 0 aliphatic heterocycles. The van der Waals surface area contributed by atoms with Gasteiger partial charge in [0.05, 0.1) is 0 Å². The summed E-state index contributed by atoms with van der Waals surface area (Å²) in [5.41, 5.74) is 5.93. The highest BCUT2D eigenvalue weighted by Gasteiger charge is 2.25. The van der Waals surface area contributed by atoms with E-state index in [2.05, 4.69) is 30.4 Å². The van der Waals surface area contributed by atoms with Crippen molar-refractivity contribution in [2.45, 2.75) is 31.4 Å². The number of carbonyl (C=O) groups is 1. The van der Waals surface area contributed by atoms with Gasteiger partial charge in [0.25, 0.3) is 5.91 Å². The minimum Gasteiger partial charge on any atom is -0.384 e. The van der Waals surface area contributed by atoms with Gasteiger partial charge in [0, 0.05) is 11.3 Å². The van der Waals surface area contributed by atoms with Crippen LogP contribution in [-0.2, 0) is 0 Å². The van der Waals surface area contributed by atoms with Gasteiger partial charge in [-0.3, -0.25) is 4.79 Å². The zero-order valence-electron chi connectivity index (χ0n) is 11.6. The quantitative estimate of drug-likeness (QED) is 0.848. The van der Waals surface area contributed by atoms with Gasteiger partial charge < -0.3 is 11.1 Å². The summed E-state index contributed by atoms with van der Waals surface area (Å²) in [5.74, 6) is 0.201. The number of pyridine rings is 1. The van der Waals surface area contributed by atoms with Crippen LogP contribution in [0, 0.1) is 0 Å². The number of nitrogen functional groups attached to an aromatic ring is 1. The van der Waals surface area contributed by atoms with Crippen LogP contribution in [0.1, 0.15) is 37.2 Å². The lowest BCUT2D eigenvalue weighted by molar-refractivity contribution is 0.0944. The van der Waals surface area contributed by atoms with Crippen molar-refractivity contribution in [2.75, 3.05) is 18.5 Å². The van der Waals surface area contributed by atoms with Crippen LogP contribution in [0.3, 0.4) is 0 Å². The van der Waals surface area contributed by atoms with E-state index in [9.17, 15) is 4.79 Å². The van der Waals surface area contributed by atoms with Crippen LogP contribution in [0.15, 0.2) is 18.2 Å².